The highest BCUT2D eigenvalue weighted by Crippen LogP contribution is 1.90. The van der Waals surface area contributed by atoms with Gasteiger partial charge in [0.2, 0.25) is 0 Å². The molecule has 0 amide bonds. The van der Waals surface area contributed by atoms with E-state index in [4.69, 9.17) is 0 Å². The Morgan fingerprint density at radius 1 is 0.944 bits per heavy atom. The Kier molecular flexibility index (Phi) is 4.01. The average molecular weight is 244 g/mol. The van der Waals surface area contributed by atoms with Gasteiger partial charge in [0.05, 0.1) is 13.1 Å². The molecule has 94 valence electrons. The quantitative estimate of drug-likeness (QED) is 0.574. The van der Waals surface area contributed by atoms with Crippen LogP contribution in [0.25, 0.3) is 0 Å². The fourth-order valence-electron chi connectivity index (χ4n) is 1.44. The minimum absolute atomic E-state index is 0.653. The molecule has 0 aliphatic heterocycles. The normalized spacial score (nSPS) is 11.9. The largest absolute Gasteiger partial charge is 0.289 e. The van der Waals surface area contributed by atoms with Crippen LogP contribution in [0.2, 0.25) is 0 Å². The van der Waals surface area contributed by atoms with Crippen LogP contribution in [0.1, 0.15) is 11.4 Å². The van der Waals surface area contributed by atoms with Crippen LogP contribution in [0, 0.1) is 0 Å². The topological polar surface area (TPSA) is 60.4 Å². The van der Waals surface area contributed by atoms with E-state index in [2.05, 4.69) is 20.2 Å². The Hall–Kier alpha value is -2.24. The summed E-state index contributed by atoms with van der Waals surface area (Å²) in [6.07, 6.45) is 7.30. The summed E-state index contributed by atoms with van der Waals surface area (Å²) in [5, 5.41) is 8.39. The molecular formula is C12H16N6. The lowest BCUT2D eigenvalue weighted by molar-refractivity contribution is 0.765. The van der Waals surface area contributed by atoms with Gasteiger partial charge in [-0.2, -0.15) is 10.2 Å². The molecule has 0 radical (unpaired) electrons. The summed E-state index contributed by atoms with van der Waals surface area (Å²) in [5.74, 6) is 0. The highest BCUT2D eigenvalue weighted by atomic mass is 15.3. The van der Waals surface area contributed by atoms with Crippen molar-refractivity contribution < 1.29 is 0 Å². The molecule has 0 saturated heterocycles. The first-order chi connectivity index (χ1) is 8.74. The molecule has 0 fully saturated rings. The van der Waals surface area contributed by atoms with Gasteiger partial charge in [-0.3, -0.25) is 19.3 Å². The highest BCUT2D eigenvalue weighted by Gasteiger charge is 1.91. The maximum Gasteiger partial charge on any atom is 0.103 e. The van der Waals surface area contributed by atoms with Gasteiger partial charge >= 0.3 is 0 Å². The van der Waals surface area contributed by atoms with Gasteiger partial charge in [-0.25, -0.2) is 0 Å². The van der Waals surface area contributed by atoms with Crippen molar-refractivity contribution in [3.05, 3.63) is 35.9 Å². The molecule has 2 heterocycles. The van der Waals surface area contributed by atoms with E-state index in [0.29, 0.717) is 13.1 Å². The number of aryl methyl sites for hydroxylation is 2. The molecular weight excluding hydrogens is 228 g/mol. The molecule has 0 aliphatic carbocycles. The zero-order valence-electron chi connectivity index (χ0n) is 10.6. The lowest BCUT2D eigenvalue weighted by atomic mass is 10.4. The second-order valence-electron chi connectivity index (χ2n) is 3.90. The third-order valence-corrected chi connectivity index (χ3v) is 2.27. The van der Waals surface area contributed by atoms with Crippen LogP contribution in [-0.4, -0.2) is 45.1 Å². The van der Waals surface area contributed by atoms with E-state index in [1.165, 1.54) is 0 Å². The van der Waals surface area contributed by atoms with Crippen LogP contribution in [0.5, 0.6) is 0 Å². The number of nitrogens with zero attached hydrogens (tertiary/aromatic N) is 6. The lowest BCUT2D eigenvalue weighted by Gasteiger charge is -1.88. The van der Waals surface area contributed by atoms with E-state index in [1.54, 1.807) is 21.8 Å². The molecule has 0 aliphatic rings. The second kappa shape index (κ2) is 5.90. The first kappa shape index (κ1) is 12.2. The summed E-state index contributed by atoms with van der Waals surface area (Å²) in [5.41, 5.74) is 1.73. The molecule has 0 bridgehead atoms. The minimum Gasteiger partial charge on any atom is -0.289 e. The van der Waals surface area contributed by atoms with Gasteiger partial charge in [0.1, 0.15) is 11.4 Å². The van der Waals surface area contributed by atoms with Gasteiger partial charge < -0.3 is 0 Å². The van der Waals surface area contributed by atoms with E-state index < -0.39 is 0 Å². The van der Waals surface area contributed by atoms with E-state index in [-0.39, 0.29) is 0 Å². The lowest BCUT2D eigenvalue weighted by Crippen LogP contribution is -1.93. The number of rotatable bonds is 5. The Labute approximate surface area is 106 Å². The van der Waals surface area contributed by atoms with Gasteiger partial charge in [0.15, 0.2) is 0 Å². The van der Waals surface area contributed by atoms with Gasteiger partial charge in [-0.1, -0.05) is 0 Å². The molecule has 0 atom stereocenters. The zero-order chi connectivity index (χ0) is 12.8. The average Bonchev–Trinajstić information content (AvgIpc) is 2.93. The van der Waals surface area contributed by atoms with E-state index in [9.17, 15) is 0 Å². The van der Waals surface area contributed by atoms with Crippen molar-refractivity contribution in [1.82, 2.24) is 19.6 Å². The molecule has 2 aromatic rings. The maximum absolute atomic E-state index is 4.25. The smallest absolute Gasteiger partial charge is 0.103 e. The Bertz CT molecular complexity index is 498. The van der Waals surface area contributed by atoms with E-state index in [0.717, 1.165) is 11.4 Å². The summed E-state index contributed by atoms with van der Waals surface area (Å²) >= 11 is 0. The molecule has 18 heavy (non-hydrogen) atoms. The van der Waals surface area contributed by atoms with Gasteiger partial charge in [-0.05, 0) is 12.1 Å². The standard InChI is InChI=1S/C12H16N6/c1-17-7-3-11(15-17)9-13-5-6-14-10-12-4-8-18(2)16-12/h3-4,7-10H,5-6H2,1-2H3. The fourth-order valence-corrected chi connectivity index (χ4v) is 1.44. The van der Waals surface area contributed by atoms with E-state index in [1.807, 2.05) is 38.6 Å². The van der Waals surface area contributed by atoms with Gasteiger partial charge in [0.25, 0.3) is 0 Å². The van der Waals surface area contributed by atoms with Crippen LogP contribution in [0.4, 0.5) is 0 Å². The molecule has 2 aromatic heterocycles. The fraction of sp³-hybridized carbons (Fsp3) is 0.333. The second-order valence-corrected chi connectivity index (χ2v) is 3.90. The number of aliphatic imine (C=N–C) groups is 2. The van der Waals surface area contributed by atoms with Crippen LogP contribution in [0.15, 0.2) is 34.5 Å². The molecule has 0 unspecified atom stereocenters. The SMILES string of the molecule is Cn1ccc(C=NCCN=Cc2ccn(C)n2)n1. The van der Waals surface area contributed by atoms with Crippen molar-refractivity contribution in [2.24, 2.45) is 24.1 Å². The molecule has 0 aromatic carbocycles. The predicted molar refractivity (Wildman–Crippen MR) is 71.3 cm³/mol. The van der Waals surface area contributed by atoms with Crippen molar-refractivity contribution >= 4 is 12.4 Å². The maximum atomic E-state index is 4.25. The summed E-state index contributed by atoms with van der Waals surface area (Å²) in [6.45, 7) is 1.31. The van der Waals surface area contributed by atoms with E-state index >= 15 is 0 Å². The minimum atomic E-state index is 0.653. The van der Waals surface area contributed by atoms with Crippen molar-refractivity contribution in [3.8, 4) is 0 Å². The number of hydrogen-bond donors (Lipinski definition) is 0. The molecule has 2 rings (SSSR count). The van der Waals surface area contributed by atoms with Crippen LogP contribution >= 0.6 is 0 Å². The highest BCUT2D eigenvalue weighted by molar-refractivity contribution is 5.77. The monoisotopic (exact) mass is 244 g/mol. The molecule has 6 nitrogen and oxygen atoms in total. The first-order valence-electron chi connectivity index (χ1n) is 5.73. The summed E-state index contributed by atoms with van der Waals surface area (Å²) in [4.78, 5) is 8.50. The zero-order valence-corrected chi connectivity index (χ0v) is 10.6. The van der Waals surface area contributed by atoms with Crippen molar-refractivity contribution in [3.63, 3.8) is 0 Å². The number of hydrogen-bond acceptors (Lipinski definition) is 4. The summed E-state index contributed by atoms with van der Waals surface area (Å²) in [6, 6.07) is 3.83. The van der Waals surface area contributed by atoms with Crippen molar-refractivity contribution in [1.29, 1.82) is 0 Å². The van der Waals surface area contributed by atoms with Crippen molar-refractivity contribution in [2.45, 2.75) is 0 Å². The van der Waals surface area contributed by atoms with Gasteiger partial charge in [-0.15, -0.1) is 0 Å². The van der Waals surface area contributed by atoms with Crippen LogP contribution < -0.4 is 0 Å². The Morgan fingerprint density at radius 3 is 1.72 bits per heavy atom. The Balaban J connectivity index is 1.73. The Morgan fingerprint density at radius 2 is 1.39 bits per heavy atom. The number of aromatic nitrogens is 4. The third kappa shape index (κ3) is 3.65. The first-order valence-corrected chi connectivity index (χ1v) is 5.73. The van der Waals surface area contributed by atoms with Crippen LogP contribution in [-0.2, 0) is 14.1 Å². The molecule has 6 heteroatoms. The molecule has 0 saturated carbocycles. The molecule has 0 spiro atoms. The third-order valence-electron chi connectivity index (χ3n) is 2.27. The molecule has 0 N–H and O–H groups in total. The van der Waals surface area contributed by atoms with Crippen LogP contribution in [0.3, 0.4) is 0 Å². The predicted octanol–water partition coefficient (Wildman–Crippen LogP) is 0.692. The summed E-state index contributed by atoms with van der Waals surface area (Å²) in [7, 11) is 3.77. The van der Waals surface area contributed by atoms with Gasteiger partial charge in [0, 0.05) is 38.9 Å². The van der Waals surface area contributed by atoms with Crippen molar-refractivity contribution in [2.75, 3.05) is 13.1 Å². The summed E-state index contributed by atoms with van der Waals surface area (Å²) < 4.78 is 3.50.